The predicted molar refractivity (Wildman–Crippen MR) is 142 cm³/mol. The van der Waals surface area contributed by atoms with Gasteiger partial charge in [-0.15, -0.1) is 0 Å². The third-order valence-corrected chi connectivity index (χ3v) is 7.02. The number of allylic oxidation sites excluding steroid dienone is 1. The Morgan fingerprint density at radius 1 is 1.19 bits per heavy atom. The molecule has 2 aromatic carbocycles. The highest BCUT2D eigenvalue weighted by Crippen LogP contribution is 2.28. The summed E-state index contributed by atoms with van der Waals surface area (Å²) in [7, 11) is 0. The number of halogens is 1. The van der Waals surface area contributed by atoms with Crippen molar-refractivity contribution in [2.24, 2.45) is 0 Å². The van der Waals surface area contributed by atoms with Gasteiger partial charge < -0.3 is 20.4 Å². The zero-order chi connectivity index (χ0) is 25.5. The lowest BCUT2D eigenvalue weighted by atomic mass is 10.0. The number of quaternary nitrogens is 1. The molecular formula is C27H32ClN6O2+. The Labute approximate surface area is 217 Å². The molecule has 0 aliphatic carbocycles. The molecule has 2 fully saturated rings. The molecule has 4 N–H and O–H groups in total. The SMILES string of the molecule is CC([NH2+]c1cccc(Cl)c1)=C(C=N)C(=O)Nc1ccc(N2CCC(N3CCOCC3)CC2)c(C#N)c1. The Hall–Kier alpha value is -3.22. The molecule has 0 saturated carbocycles. The summed E-state index contributed by atoms with van der Waals surface area (Å²) in [6.45, 7) is 7.16. The lowest BCUT2D eigenvalue weighted by molar-refractivity contribution is -0.517. The van der Waals surface area contributed by atoms with E-state index in [0.717, 1.165) is 69.8 Å². The number of carbonyl (C=O) groups excluding carboxylic acids is 1. The highest BCUT2D eigenvalue weighted by Gasteiger charge is 2.27. The molecule has 0 unspecified atom stereocenters. The minimum absolute atomic E-state index is 0.239. The lowest BCUT2D eigenvalue weighted by Crippen LogP contribution is -2.75. The fraction of sp³-hybridized carbons (Fsp3) is 0.370. The number of morpholine rings is 1. The van der Waals surface area contributed by atoms with E-state index >= 15 is 0 Å². The van der Waals surface area contributed by atoms with E-state index in [1.165, 1.54) is 0 Å². The topological polar surface area (TPSA) is 109 Å². The molecule has 4 rings (SSSR count). The number of rotatable bonds is 7. The largest absolute Gasteiger partial charge is 0.379 e. The second-order valence-electron chi connectivity index (χ2n) is 9.10. The van der Waals surface area contributed by atoms with E-state index in [-0.39, 0.29) is 5.57 Å². The third kappa shape index (κ3) is 6.31. The first-order valence-corrected chi connectivity index (χ1v) is 12.6. The van der Waals surface area contributed by atoms with Crippen molar-refractivity contribution in [2.75, 3.05) is 49.6 Å². The van der Waals surface area contributed by atoms with Crippen LogP contribution >= 0.6 is 11.6 Å². The van der Waals surface area contributed by atoms with Gasteiger partial charge in [0.15, 0.2) is 0 Å². The van der Waals surface area contributed by atoms with E-state index in [1.807, 2.05) is 29.6 Å². The van der Waals surface area contributed by atoms with Gasteiger partial charge in [0.2, 0.25) is 0 Å². The number of nitrogens with zero attached hydrogens (tertiary/aromatic N) is 3. The quantitative estimate of drug-likeness (QED) is 0.303. The first-order valence-electron chi connectivity index (χ1n) is 12.2. The monoisotopic (exact) mass is 507 g/mol. The van der Waals surface area contributed by atoms with Crippen molar-refractivity contribution in [3.8, 4) is 6.07 Å². The van der Waals surface area contributed by atoms with Crippen molar-refractivity contribution < 1.29 is 14.8 Å². The number of anilines is 2. The van der Waals surface area contributed by atoms with Gasteiger partial charge in [-0.3, -0.25) is 15.0 Å². The molecule has 36 heavy (non-hydrogen) atoms. The highest BCUT2D eigenvalue weighted by atomic mass is 35.5. The van der Waals surface area contributed by atoms with E-state index in [2.05, 4.69) is 21.2 Å². The van der Waals surface area contributed by atoms with Crippen molar-refractivity contribution >= 4 is 40.8 Å². The number of amides is 1. The average molecular weight is 508 g/mol. The van der Waals surface area contributed by atoms with Gasteiger partial charge in [0.25, 0.3) is 5.91 Å². The van der Waals surface area contributed by atoms with E-state index in [1.54, 1.807) is 25.1 Å². The van der Waals surface area contributed by atoms with Gasteiger partial charge in [0.1, 0.15) is 23.0 Å². The van der Waals surface area contributed by atoms with Crippen LogP contribution in [0.4, 0.5) is 17.1 Å². The van der Waals surface area contributed by atoms with Crippen molar-refractivity contribution in [1.82, 2.24) is 4.90 Å². The number of hydrogen-bond acceptors (Lipinski definition) is 6. The van der Waals surface area contributed by atoms with Crippen LogP contribution in [0.2, 0.25) is 5.02 Å². The van der Waals surface area contributed by atoms with Gasteiger partial charge in [-0.05, 0) is 43.2 Å². The number of piperidine rings is 1. The number of nitrogens with two attached hydrogens (primary N) is 1. The summed E-state index contributed by atoms with van der Waals surface area (Å²) in [6, 6.07) is 15.6. The van der Waals surface area contributed by atoms with E-state index < -0.39 is 5.91 Å². The van der Waals surface area contributed by atoms with Gasteiger partial charge in [-0.1, -0.05) is 17.7 Å². The molecule has 188 valence electrons. The number of nitrogens with one attached hydrogen (secondary N) is 2. The second-order valence-corrected chi connectivity index (χ2v) is 9.54. The maximum absolute atomic E-state index is 12.9. The number of hydrogen-bond donors (Lipinski definition) is 3. The van der Waals surface area contributed by atoms with E-state index in [0.29, 0.717) is 28.0 Å². The molecule has 2 aromatic rings. The summed E-state index contributed by atoms with van der Waals surface area (Å²) < 4.78 is 5.48. The molecule has 0 atom stereocenters. The van der Waals surface area contributed by atoms with Crippen LogP contribution in [0.5, 0.6) is 0 Å². The molecule has 2 heterocycles. The van der Waals surface area contributed by atoms with Crippen molar-refractivity contribution in [2.45, 2.75) is 25.8 Å². The molecule has 0 spiro atoms. The van der Waals surface area contributed by atoms with Crippen LogP contribution in [-0.4, -0.2) is 62.5 Å². The normalized spacial score (nSPS) is 17.8. The van der Waals surface area contributed by atoms with Crippen LogP contribution in [0, 0.1) is 16.7 Å². The Kier molecular flexibility index (Phi) is 8.73. The second kappa shape index (κ2) is 12.2. The van der Waals surface area contributed by atoms with Crippen molar-refractivity contribution in [1.29, 1.82) is 10.7 Å². The molecule has 0 aromatic heterocycles. The van der Waals surface area contributed by atoms with Crippen LogP contribution < -0.4 is 15.5 Å². The molecule has 0 bridgehead atoms. The minimum Gasteiger partial charge on any atom is -0.379 e. The van der Waals surface area contributed by atoms with Crippen LogP contribution in [-0.2, 0) is 9.53 Å². The molecule has 0 radical (unpaired) electrons. The van der Waals surface area contributed by atoms with Crippen LogP contribution in [0.1, 0.15) is 25.3 Å². The Morgan fingerprint density at radius 3 is 2.61 bits per heavy atom. The first kappa shape index (κ1) is 25.9. The molecule has 8 nitrogen and oxygen atoms in total. The summed E-state index contributed by atoms with van der Waals surface area (Å²) in [5.41, 5.74) is 3.68. The van der Waals surface area contributed by atoms with Gasteiger partial charge in [-0.25, -0.2) is 0 Å². The first-order chi connectivity index (χ1) is 17.5. The molecule has 2 aliphatic rings. The average Bonchev–Trinajstić information content (AvgIpc) is 2.89. The minimum atomic E-state index is -0.399. The molecule has 9 heteroatoms. The number of ether oxygens (including phenoxy) is 1. The molecular weight excluding hydrogens is 476 g/mol. The summed E-state index contributed by atoms with van der Waals surface area (Å²) in [4.78, 5) is 17.7. The summed E-state index contributed by atoms with van der Waals surface area (Å²) in [6.07, 6.45) is 3.16. The van der Waals surface area contributed by atoms with Crippen LogP contribution in [0.3, 0.4) is 0 Å². The summed E-state index contributed by atoms with van der Waals surface area (Å²) >= 11 is 6.06. The van der Waals surface area contributed by atoms with Gasteiger partial charge in [0, 0.05) is 62.1 Å². The van der Waals surface area contributed by atoms with Gasteiger partial charge >= 0.3 is 0 Å². The number of carbonyl (C=O) groups is 1. The van der Waals surface area contributed by atoms with E-state index in [9.17, 15) is 10.1 Å². The standard InChI is InChI=1S/C27H31ClN6O2/c1-19(31-22-4-2-3-21(28)16-22)25(18-30)27(35)32-23-5-6-26(20(15-23)17-29)34-9-7-24(8-10-34)33-11-13-36-14-12-33/h2-6,15-16,18,24,30-31H,7-14H2,1H3,(H,32,35)/p+1. The zero-order valence-corrected chi connectivity index (χ0v) is 21.2. The highest BCUT2D eigenvalue weighted by molar-refractivity contribution is 6.30. The maximum atomic E-state index is 12.9. The molecule has 1 amide bonds. The van der Waals surface area contributed by atoms with Crippen molar-refractivity contribution in [3.05, 3.63) is 64.3 Å². The van der Waals surface area contributed by atoms with Crippen LogP contribution in [0.25, 0.3) is 0 Å². The zero-order valence-electron chi connectivity index (χ0n) is 20.5. The van der Waals surface area contributed by atoms with E-state index in [4.69, 9.17) is 21.7 Å². The van der Waals surface area contributed by atoms with Crippen molar-refractivity contribution in [3.63, 3.8) is 0 Å². The Morgan fingerprint density at radius 2 is 1.94 bits per heavy atom. The summed E-state index contributed by atoms with van der Waals surface area (Å²) in [5.74, 6) is -0.399. The smallest absolute Gasteiger partial charge is 0.262 e. The predicted octanol–water partition coefficient (Wildman–Crippen LogP) is 3.27. The maximum Gasteiger partial charge on any atom is 0.262 e. The fourth-order valence-electron chi connectivity index (χ4n) is 4.87. The van der Waals surface area contributed by atoms with Gasteiger partial charge in [-0.2, -0.15) is 5.26 Å². The third-order valence-electron chi connectivity index (χ3n) is 6.79. The summed E-state index contributed by atoms with van der Waals surface area (Å²) in [5, 5.41) is 22.9. The number of benzene rings is 2. The Balaban J connectivity index is 1.42. The molecule has 2 aliphatic heterocycles. The number of nitriles is 1. The Bertz CT molecular complexity index is 1180. The lowest BCUT2D eigenvalue weighted by Gasteiger charge is -2.41. The van der Waals surface area contributed by atoms with Crippen LogP contribution in [0.15, 0.2) is 53.7 Å². The van der Waals surface area contributed by atoms with Gasteiger partial charge in [0.05, 0.1) is 24.5 Å². The fourth-order valence-corrected chi connectivity index (χ4v) is 5.07. The molecule has 2 saturated heterocycles.